The Kier molecular flexibility index (Phi) is 4.06. The molecule has 0 aliphatic rings. The minimum absolute atomic E-state index is 0.182. The van der Waals surface area contributed by atoms with Crippen LogP contribution in [0.4, 0.5) is 0 Å². The zero-order chi connectivity index (χ0) is 14.5. The van der Waals surface area contributed by atoms with Crippen molar-refractivity contribution in [1.82, 2.24) is 0 Å². The van der Waals surface area contributed by atoms with E-state index in [9.17, 15) is 9.59 Å². The number of carbonyl (C=O) groups is 2. The summed E-state index contributed by atoms with van der Waals surface area (Å²) in [6, 6.07) is 12.2. The molecule has 0 saturated carbocycles. The second-order valence-electron chi connectivity index (χ2n) is 4.29. The summed E-state index contributed by atoms with van der Waals surface area (Å²) in [7, 11) is 0. The first kappa shape index (κ1) is 13.7. The van der Waals surface area contributed by atoms with E-state index < -0.39 is 0 Å². The molecule has 0 heterocycles. The van der Waals surface area contributed by atoms with Crippen molar-refractivity contribution in [3.8, 4) is 0 Å². The third-order valence-electron chi connectivity index (χ3n) is 3.11. The quantitative estimate of drug-likeness (QED) is 0.602. The van der Waals surface area contributed by atoms with Crippen LogP contribution in [0.15, 0.2) is 55.6 Å². The molecule has 2 aromatic carbocycles. The van der Waals surface area contributed by atoms with Gasteiger partial charge in [-0.3, -0.25) is 9.59 Å². The maximum atomic E-state index is 12.6. The van der Waals surface area contributed by atoms with E-state index in [1.54, 1.807) is 42.5 Å². The minimum atomic E-state index is -0.182. The zero-order valence-electron chi connectivity index (χ0n) is 11.0. The van der Waals surface area contributed by atoms with Gasteiger partial charge in [-0.2, -0.15) is 0 Å². The van der Waals surface area contributed by atoms with Gasteiger partial charge in [0.05, 0.1) is 0 Å². The molecular weight excluding hydrogens is 248 g/mol. The second kappa shape index (κ2) is 5.93. The Balaban J connectivity index is 2.54. The molecule has 0 aliphatic carbocycles. The monoisotopic (exact) mass is 262 g/mol. The highest BCUT2D eigenvalue weighted by molar-refractivity contribution is 6.14. The lowest BCUT2D eigenvalue weighted by molar-refractivity contribution is 0.102. The standard InChI is InChI=1S/C18H14O2/c1-3-13-8-10-15(11-9-13)18(20)17-14(4-2)6-5-7-16(17)12-19/h3-12H,1-2H2. The fraction of sp³-hybridized carbons (Fsp3) is 0. The summed E-state index contributed by atoms with van der Waals surface area (Å²) in [6.07, 6.45) is 3.99. The van der Waals surface area contributed by atoms with Gasteiger partial charge in [-0.25, -0.2) is 0 Å². The van der Waals surface area contributed by atoms with Crippen molar-refractivity contribution in [2.24, 2.45) is 0 Å². The second-order valence-corrected chi connectivity index (χ2v) is 4.29. The molecule has 2 aromatic rings. The van der Waals surface area contributed by atoms with Gasteiger partial charge in [0, 0.05) is 16.7 Å². The molecule has 2 nitrogen and oxygen atoms in total. The third-order valence-corrected chi connectivity index (χ3v) is 3.11. The van der Waals surface area contributed by atoms with Crippen LogP contribution in [0.3, 0.4) is 0 Å². The summed E-state index contributed by atoms with van der Waals surface area (Å²) in [5.41, 5.74) is 2.90. The molecule has 0 unspecified atom stereocenters. The molecule has 20 heavy (non-hydrogen) atoms. The maximum absolute atomic E-state index is 12.6. The molecule has 0 bridgehead atoms. The Morgan fingerprint density at radius 2 is 1.55 bits per heavy atom. The third kappa shape index (κ3) is 2.50. The molecule has 0 atom stereocenters. The molecule has 0 N–H and O–H groups in total. The largest absolute Gasteiger partial charge is 0.298 e. The summed E-state index contributed by atoms with van der Waals surface area (Å²) < 4.78 is 0. The minimum Gasteiger partial charge on any atom is -0.298 e. The van der Waals surface area contributed by atoms with Gasteiger partial charge in [-0.1, -0.05) is 67.8 Å². The first-order valence-corrected chi connectivity index (χ1v) is 6.19. The molecule has 0 fully saturated rings. The van der Waals surface area contributed by atoms with Gasteiger partial charge < -0.3 is 0 Å². The predicted molar refractivity (Wildman–Crippen MR) is 81.9 cm³/mol. The van der Waals surface area contributed by atoms with E-state index in [0.29, 0.717) is 28.5 Å². The molecule has 2 rings (SSSR count). The summed E-state index contributed by atoms with van der Waals surface area (Å²) in [5.74, 6) is -0.182. The van der Waals surface area contributed by atoms with Crippen LogP contribution in [-0.2, 0) is 0 Å². The van der Waals surface area contributed by atoms with E-state index in [2.05, 4.69) is 13.2 Å². The Morgan fingerprint density at radius 3 is 2.10 bits per heavy atom. The van der Waals surface area contributed by atoms with Crippen molar-refractivity contribution in [2.45, 2.75) is 0 Å². The Hall–Kier alpha value is -2.74. The van der Waals surface area contributed by atoms with Crippen molar-refractivity contribution in [3.63, 3.8) is 0 Å². The van der Waals surface area contributed by atoms with E-state index in [1.807, 2.05) is 12.1 Å². The normalized spacial score (nSPS) is 9.80. The lowest BCUT2D eigenvalue weighted by Crippen LogP contribution is -2.07. The Labute approximate surface area is 118 Å². The van der Waals surface area contributed by atoms with Gasteiger partial charge in [-0.05, 0) is 11.1 Å². The highest BCUT2D eigenvalue weighted by Crippen LogP contribution is 2.20. The van der Waals surface area contributed by atoms with Crippen molar-refractivity contribution in [3.05, 3.63) is 83.4 Å². The zero-order valence-corrected chi connectivity index (χ0v) is 11.0. The SMILES string of the molecule is C=Cc1ccc(C(=O)c2c(C=C)cccc2C=O)cc1. The molecule has 0 aliphatic heterocycles. The number of rotatable bonds is 5. The summed E-state index contributed by atoms with van der Waals surface area (Å²) >= 11 is 0. The number of hydrogen-bond donors (Lipinski definition) is 0. The fourth-order valence-corrected chi connectivity index (χ4v) is 2.03. The summed E-state index contributed by atoms with van der Waals surface area (Å²) in [5, 5.41) is 0. The van der Waals surface area contributed by atoms with Gasteiger partial charge in [0.2, 0.25) is 0 Å². The molecule has 0 aromatic heterocycles. The van der Waals surface area contributed by atoms with Crippen LogP contribution in [-0.4, -0.2) is 12.1 Å². The topological polar surface area (TPSA) is 34.1 Å². The van der Waals surface area contributed by atoms with Crippen LogP contribution >= 0.6 is 0 Å². The average molecular weight is 262 g/mol. The molecule has 0 radical (unpaired) electrons. The van der Waals surface area contributed by atoms with E-state index in [1.165, 1.54) is 0 Å². The van der Waals surface area contributed by atoms with Crippen molar-refractivity contribution < 1.29 is 9.59 Å². The summed E-state index contributed by atoms with van der Waals surface area (Å²) in [4.78, 5) is 23.7. The van der Waals surface area contributed by atoms with E-state index in [-0.39, 0.29) is 5.78 Å². The van der Waals surface area contributed by atoms with Crippen LogP contribution in [0.25, 0.3) is 12.2 Å². The average Bonchev–Trinajstić information content (AvgIpc) is 2.53. The molecule has 0 saturated heterocycles. The van der Waals surface area contributed by atoms with E-state index in [0.717, 1.165) is 5.56 Å². The molecule has 0 amide bonds. The maximum Gasteiger partial charge on any atom is 0.194 e. The number of hydrogen-bond acceptors (Lipinski definition) is 2. The van der Waals surface area contributed by atoms with Crippen molar-refractivity contribution >= 4 is 24.2 Å². The van der Waals surface area contributed by atoms with Gasteiger partial charge in [0.1, 0.15) is 0 Å². The van der Waals surface area contributed by atoms with Gasteiger partial charge in [0.15, 0.2) is 12.1 Å². The highest BCUT2D eigenvalue weighted by atomic mass is 16.1. The Morgan fingerprint density at radius 1 is 0.900 bits per heavy atom. The predicted octanol–water partition coefficient (Wildman–Crippen LogP) is 4.02. The fourth-order valence-electron chi connectivity index (χ4n) is 2.03. The molecule has 2 heteroatoms. The first-order chi connectivity index (χ1) is 9.71. The summed E-state index contributed by atoms with van der Waals surface area (Å²) in [6.45, 7) is 7.36. The lowest BCUT2D eigenvalue weighted by Gasteiger charge is -2.08. The van der Waals surface area contributed by atoms with Crippen LogP contribution in [0.1, 0.15) is 37.4 Å². The highest BCUT2D eigenvalue weighted by Gasteiger charge is 2.16. The number of ketones is 1. The van der Waals surface area contributed by atoms with Gasteiger partial charge in [0.25, 0.3) is 0 Å². The molecular formula is C18H14O2. The molecule has 98 valence electrons. The van der Waals surface area contributed by atoms with Crippen LogP contribution in [0, 0.1) is 0 Å². The molecule has 0 spiro atoms. The van der Waals surface area contributed by atoms with Gasteiger partial charge >= 0.3 is 0 Å². The Bertz CT molecular complexity index is 653. The van der Waals surface area contributed by atoms with Gasteiger partial charge in [-0.15, -0.1) is 0 Å². The van der Waals surface area contributed by atoms with E-state index in [4.69, 9.17) is 0 Å². The van der Waals surface area contributed by atoms with Crippen molar-refractivity contribution in [2.75, 3.05) is 0 Å². The van der Waals surface area contributed by atoms with E-state index >= 15 is 0 Å². The van der Waals surface area contributed by atoms with Crippen LogP contribution in [0.2, 0.25) is 0 Å². The number of carbonyl (C=O) groups excluding carboxylic acids is 2. The van der Waals surface area contributed by atoms with Crippen molar-refractivity contribution in [1.29, 1.82) is 0 Å². The number of aldehydes is 1. The van der Waals surface area contributed by atoms with Crippen LogP contribution < -0.4 is 0 Å². The van der Waals surface area contributed by atoms with Crippen LogP contribution in [0.5, 0.6) is 0 Å². The smallest absolute Gasteiger partial charge is 0.194 e. The number of benzene rings is 2. The lowest BCUT2D eigenvalue weighted by atomic mass is 9.93. The first-order valence-electron chi connectivity index (χ1n) is 6.19.